The Morgan fingerprint density at radius 3 is 2.59 bits per heavy atom. The minimum Gasteiger partial charge on any atom is -0.469 e. The first-order valence-corrected chi connectivity index (χ1v) is 11.1. The van der Waals surface area contributed by atoms with E-state index in [0.29, 0.717) is 6.42 Å². The molecule has 1 unspecified atom stereocenters. The van der Waals surface area contributed by atoms with Crippen molar-refractivity contribution >= 4 is 17.7 Å². The number of methoxy groups -OCH3 is 1. The van der Waals surface area contributed by atoms with Gasteiger partial charge in [-0.2, -0.15) is 0 Å². The van der Waals surface area contributed by atoms with Gasteiger partial charge in [0.1, 0.15) is 0 Å². The number of amides is 2. The number of hydrogen-bond acceptors (Lipinski definition) is 4. The third-order valence-electron chi connectivity index (χ3n) is 6.26. The summed E-state index contributed by atoms with van der Waals surface area (Å²) in [7, 11) is 1.45. The minimum absolute atomic E-state index is 0.102. The van der Waals surface area contributed by atoms with Crippen molar-refractivity contribution in [1.29, 1.82) is 0 Å². The predicted molar refractivity (Wildman–Crippen MR) is 115 cm³/mol. The quantitative estimate of drug-likeness (QED) is 0.644. The molecule has 6 nitrogen and oxygen atoms in total. The molecule has 2 aliphatic heterocycles. The van der Waals surface area contributed by atoms with Gasteiger partial charge in [-0.3, -0.25) is 9.69 Å². The second-order valence-corrected chi connectivity index (χ2v) is 8.28. The maximum atomic E-state index is 12.8. The van der Waals surface area contributed by atoms with Crippen LogP contribution in [0.5, 0.6) is 0 Å². The van der Waals surface area contributed by atoms with E-state index in [9.17, 15) is 9.59 Å². The Kier molecular flexibility index (Phi) is 7.92. The number of hydrogen-bond donors (Lipinski definition) is 1. The van der Waals surface area contributed by atoms with E-state index >= 15 is 0 Å². The largest absolute Gasteiger partial charge is 0.469 e. The Bertz CT molecular complexity index is 670. The summed E-state index contributed by atoms with van der Waals surface area (Å²) >= 11 is 0. The number of ether oxygens (including phenoxy) is 1. The molecule has 1 N–H and O–H groups in total. The van der Waals surface area contributed by atoms with E-state index in [2.05, 4.69) is 12.2 Å². The monoisotopic (exact) mass is 401 g/mol. The summed E-state index contributed by atoms with van der Waals surface area (Å²) < 4.78 is 4.93. The van der Waals surface area contributed by atoms with Gasteiger partial charge in [-0.1, -0.05) is 25.5 Å². The van der Waals surface area contributed by atoms with Gasteiger partial charge in [0, 0.05) is 25.3 Å². The van der Waals surface area contributed by atoms with Crippen molar-refractivity contribution in [3.05, 3.63) is 29.8 Å². The number of nitrogens with zero attached hydrogens (tertiary/aromatic N) is 2. The van der Waals surface area contributed by atoms with Crippen LogP contribution in [-0.4, -0.2) is 56.7 Å². The van der Waals surface area contributed by atoms with Gasteiger partial charge < -0.3 is 15.0 Å². The van der Waals surface area contributed by atoms with E-state index in [1.807, 2.05) is 34.1 Å². The molecule has 0 aliphatic carbocycles. The molecule has 1 aromatic rings. The number of rotatable bonds is 9. The highest BCUT2D eigenvalue weighted by Gasteiger charge is 2.30. The topological polar surface area (TPSA) is 61.9 Å². The maximum absolute atomic E-state index is 12.8. The minimum atomic E-state index is -0.143. The number of carbonyl (C=O) groups excluding carboxylic acids is 2. The van der Waals surface area contributed by atoms with Crippen molar-refractivity contribution in [2.75, 3.05) is 44.7 Å². The summed E-state index contributed by atoms with van der Waals surface area (Å²) in [5.74, 6) is 0.494. The Hall–Kier alpha value is -2.08. The van der Waals surface area contributed by atoms with E-state index in [4.69, 9.17) is 4.74 Å². The van der Waals surface area contributed by atoms with Crippen molar-refractivity contribution < 1.29 is 14.3 Å². The normalized spacial score (nSPS) is 18.9. The van der Waals surface area contributed by atoms with Crippen LogP contribution < -0.4 is 10.2 Å². The van der Waals surface area contributed by atoms with Crippen molar-refractivity contribution in [2.45, 2.75) is 45.4 Å². The summed E-state index contributed by atoms with van der Waals surface area (Å²) in [6.45, 7) is 6.68. The second kappa shape index (κ2) is 10.6. The SMILES string of the molecule is CCCC(Cc1ccc(N2CCN(CCC3CCNCC3)C2=O)cc1)C(=O)OC. The van der Waals surface area contributed by atoms with Gasteiger partial charge in [0.2, 0.25) is 0 Å². The molecule has 0 spiro atoms. The van der Waals surface area contributed by atoms with Gasteiger partial charge in [0.15, 0.2) is 0 Å². The summed E-state index contributed by atoms with van der Waals surface area (Å²) in [6.07, 6.45) is 6.00. The zero-order valence-corrected chi connectivity index (χ0v) is 17.9. The molecule has 1 atom stereocenters. The molecule has 2 amide bonds. The van der Waals surface area contributed by atoms with Crippen LogP contribution in [0.2, 0.25) is 0 Å². The standard InChI is InChI=1S/C23H35N3O3/c1-3-4-20(22(27)29-2)17-19-5-7-21(8-6-19)26-16-15-25(23(26)28)14-11-18-9-12-24-13-10-18/h5-8,18,20,24H,3-4,9-17H2,1-2H3. The van der Waals surface area contributed by atoms with Gasteiger partial charge >= 0.3 is 12.0 Å². The Labute approximate surface area is 174 Å². The number of esters is 1. The molecule has 2 fully saturated rings. The molecule has 160 valence electrons. The lowest BCUT2D eigenvalue weighted by Crippen LogP contribution is -2.34. The van der Waals surface area contributed by atoms with Crippen molar-refractivity contribution in [1.82, 2.24) is 10.2 Å². The summed E-state index contributed by atoms with van der Waals surface area (Å²) in [4.78, 5) is 28.6. The first kappa shape index (κ1) is 21.6. The molecule has 1 aromatic carbocycles. The van der Waals surface area contributed by atoms with Crippen molar-refractivity contribution in [3.8, 4) is 0 Å². The highest BCUT2D eigenvalue weighted by atomic mass is 16.5. The lowest BCUT2D eigenvalue weighted by atomic mass is 9.94. The van der Waals surface area contributed by atoms with Crippen molar-refractivity contribution in [2.24, 2.45) is 11.8 Å². The van der Waals surface area contributed by atoms with Gasteiger partial charge in [-0.25, -0.2) is 4.79 Å². The number of benzene rings is 1. The Balaban J connectivity index is 1.54. The van der Waals surface area contributed by atoms with Crippen LogP contribution in [0, 0.1) is 11.8 Å². The van der Waals surface area contributed by atoms with E-state index in [0.717, 1.165) is 69.2 Å². The molecule has 0 radical (unpaired) electrons. The van der Waals surface area contributed by atoms with Gasteiger partial charge in [-0.15, -0.1) is 0 Å². The molecule has 2 heterocycles. The lowest BCUT2D eigenvalue weighted by molar-refractivity contribution is -0.145. The molecule has 29 heavy (non-hydrogen) atoms. The van der Waals surface area contributed by atoms with Gasteiger partial charge in [-0.05, 0) is 68.8 Å². The molecule has 0 saturated carbocycles. The molecule has 2 aliphatic rings. The van der Waals surface area contributed by atoms with E-state index < -0.39 is 0 Å². The van der Waals surface area contributed by atoms with Crippen molar-refractivity contribution in [3.63, 3.8) is 0 Å². The number of nitrogens with one attached hydrogen (secondary N) is 1. The number of anilines is 1. The summed E-state index contributed by atoms with van der Waals surface area (Å²) in [5.41, 5.74) is 2.04. The van der Waals surface area contributed by atoms with E-state index in [1.54, 1.807) is 0 Å². The predicted octanol–water partition coefficient (Wildman–Crippen LogP) is 3.45. The van der Waals surface area contributed by atoms with Crippen LogP contribution in [-0.2, 0) is 16.0 Å². The second-order valence-electron chi connectivity index (χ2n) is 8.28. The average molecular weight is 402 g/mol. The average Bonchev–Trinajstić information content (AvgIpc) is 3.13. The lowest BCUT2D eigenvalue weighted by Gasteiger charge is -2.25. The number of carbonyl (C=O) groups is 2. The zero-order chi connectivity index (χ0) is 20.6. The Morgan fingerprint density at radius 2 is 1.93 bits per heavy atom. The van der Waals surface area contributed by atoms with Crippen LogP contribution in [0.25, 0.3) is 0 Å². The maximum Gasteiger partial charge on any atom is 0.324 e. The highest BCUT2D eigenvalue weighted by Crippen LogP contribution is 2.24. The molecule has 0 bridgehead atoms. The molecular formula is C23H35N3O3. The summed E-state index contributed by atoms with van der Waals surface area (Å²) in [6, 6.07) is 8.19. The van der Waals surface area contributed by atoms with Crippen LogP contribution in [0.1, 0.15) is 44.6 Å². The number of piperidine rings is 1. The molecular weight excluding hydrogens is 366 g/mol. The fourth-order valence-electron chi connectivity index (χ4n) is 4.45. The van der Waals surface area contributed by atoms with Crippen LogP contribution in [0.3, 0.4) is 0 Å². The number of urea groups is 1. The van der Waals surface area contributed by atoms with Gasteiger partial charge in [0.05, 0.1) is 13.0 Å². The molecule has 6 heteroatoms. The van der Waals surface area contributed by atoms with Crippen LogP contribution >= 0.6 is 0 Å². The van der Waals surface area contributed by atoms with E-state index in [-0.39, 0.29) is 17.9 Å². The Morgan fingerprint density at radius 1 is 1.21 bits per heavy atom. The third-order valence-corrected chi connectivity index (χ3v) is 6.26. The van der Waals surface area contributed by atoms with Crippen LogP contribution in [0.4, 0.5) is 10.5 Å². The fourth-order valence-corrected chi connectivity index (χ4v) is 4.45. The first-order chi connectivity index (χ1) is 14.1. The first-order valence-electron chi connectivity index (χ1n) is 11.1. The van der Waals surface area contributed by atoms with Gasteiger partial charge in [0.25, 0.3) is 0 Å². The zero-order valence-electron chi connectivity index (χ0n) is 17.9. The molecule has 2 saturated heterocycles. The smallest absolute Gasteiger partial charge is 0.324 e. The highest BCUT2D eigenvalue weighted by molar-refractivity contribution is 5.94. The fraction of sp³-hybridized carbons (Fsp3) is 0.652. The molecule has 0 aromatic heterocycles. The van der Waals surface area contributed by atoms with E-state index in [1.165, 1.54) is 20.0 Å². The third kappa shape index (κ3) is 5.72. The van der Waals surface area contributed by atoms with Crippen LogP contribution in [0.15, 0.2) is 24.3 Å². The summed E-state index contributed by atoms with van der Waals surface area (Å²) in [5, 5.41) is 3.40. The molecule has 3 rings (SSSR count).